The van der Waals surface area contributed by atoms with Gasteiger partial charge in [-0.05, 0) is 65.0 Å². The van der Waals surface area contributed by atoms with Crippen LogP contribution >= 0.6 is 0 Å². The molecule has 1 heterocycles. The van der Waals surface area contributed by atoms with E-state index in [0.717, 1.165) is 45.2 Å². The van der Waals surface area contributed by atoms with E-state index in [1.54, 1.807) is 0 Å². The Morgan fingerprint density at radius 1 is 1.25 bits per heavy atom. The summed E-state index contributed by atoms with van der Waals surface area (Å²) in [5, 5.41) is 3.30. The molecule has 5 nitrogen and oxygen atoms in total. The molecule has 2 N–H and O–H groups in total. The van der Waals surface area contributed by atoms with Crippen LogP contribution in [0.4, 0.5) is 0 Å². The van der Waals surface area contributed by atoms with Crippen molar-refractivity contribution in [2.45, 2.75) is 52.1 Å². The van der Waals surface area contributed by atoms with E-state index in [2.05, 4.69) is 10.0 Å². The number of sulfonamides is 1. The van der Waals surface area contributed by atoms with Crippen LogP contribution in [0.15, 0.2) is 0 Å². The van der Waals surface area contributed by atoms with E-state index >= 15 is 0 Å². The molecule has 1 rings (SSSR count). The number of rotatable bonds is 10. The van der Waals surface area contributed by atoms with Crippen molar-refractivity contribution >= 4 is 10.0 Å². The Hall–Kier alpha value is -0.170. The number of unbranched alkanes of at least 4 members (excludes halogenated alkanes) is 1. The summed E-state index contributed by atoms with van der Waals surface area (Å²) in [6, 6.07) is 0. The van der Waals surface area contributed by atoms with E-state index in [9.17, 15) is 8.42 Å². The molecule has 0 aromatic rings. The van der Waals surface area contributed by atoms with E-state index in [0.29, 0.717) is 19.1 Å². The first-order valence-corrected chi connectivity index (χ1v) is 9.44. The van der Waals surface area contributed by atoms with Crippen LogP contribution in [-0.4, -0.2) is 46.5 Å². The first-order chi connectivity index (χ1) is 9.49. The second-order valence-electron chi connectivity index (χ2n) is 5.82. The quantitative estimate of drug-likeness (QED) is 0.600. The van der Waals surface area contributed by atoms with Crippen LogP contribution < -0.4 is 10.0 Å². The van der Waals surface area contributed by atoms with Gasteiger partial charge in [-0.25, -0.2) is 13.1 Å². The van der Waals surface area contributed by atoms with Gasteiger partial charge < -0.3 is 10.1 Å². The Kier molecular flexibility index (Phi) is 8.68. The average molecular weight is 306 g/mol. The maximum atomic E-state index is 11.9. The van der Waals surface area contributed by atoms with Crippen LogP contribution in [0, 0.1) is 5.92 Å². The molecule has 0 aliphatic carbocycles. The second-order valence-corrected chi connectivity index (χ2v) is 7.75. The summed E-state index contributed by atoms with van der Waals surface area (Å²) < 4.78 is 31.8. The molecular formula is C14H30N2O3S. The highest BCUT2D eigenvalue weighted by molar-refractivity contribution is 7.89. The molecule has 0 aromatic carbocycles. The molecule has 0 aromatic heterocycles. The van der Waals surface area contributed by atoms with E-state index < -0.39 is 10.0 Å². The predicted molar refractivity (Wildman–Crippen MR) is 82.3 cm³/mol. The Bertz CT molecular complexity index is 338. The Labute approximate surface area is 123 Å². The van der Waals surface area contributed by atoms with Crippen LogP contribution in [-0.2, 0) is 14.8 Å². The lowest BCUT2D eigenvalue weighted by Crippen LogP contribution is -2.32. The molecule has 120 valence electrons. The molecule has 0 spiro atoms. The summed E-state index contributed by atoms with van der Waals surface area (Å²) in [4.78, 5) is 0. The van der Waals surface area contributed by atoms with Gasteiger partial charge in [0.2, 0.25) is 10.0 Å². The highest BCUT2D eigenvalue weighted by atomic mass is 32.2. The minimum Gasteiger partial charge on any atom is -0.379 e. The zero-order valence-electron chi connectivity index (χ0n) is 12.9. The molecule has 0 amide bonds. The molecule has 6 heteroatoms. The van der Waals surface area contributed by atoms with E-state index in [-0.39, 0.29) is 11.9 Å². The number of hydrogen-bond acceptors (Lipinski definition) is 4. The molecule has 1 aliphatic heterocycles. The summed E-state index contributed by atoms with van der Waals surface area (Å²) in [7, 11) is -3.10. The van der Waals surface area contributed by atoms with Crippen LogP contribution in [0.2, 0.25) is 0 Å². The fourth-order valence-electron chi connectivity index (χ4n) is 2.34. The van der Waals surface area contributed by atoms with Crippen molar-refractivity contribution in [2.75, 3.05) is 32.0 Å². The van der Waals surface area contributed by atoms with Crippen molar-refractivity contribution in [3.05, 3.63) is 0 Å². The molecule has 0 unspecified atom stereocenters. The van der Waals surface area contributed by atoms with Crippen LogP contribution in [0.25, 0.3) is 0 Å². The standard InChI is InChI=1S/C14H30N2O3S/c1-13(2)19-11-4-3-8-16-20(17,18)12-7-14-5-9-15-10-6-14/h13-16H,3-12H2,1-2H3. The summed E-state index contributed by atoms with van der Waals surface area (Å²) in [5.41, 5.74) is 0. The Morgan fingerprint density at radius 3 is 2.60 bits per heavy atom. The van der Waals surface area contributed by atoms with Crippen molar-refractivity contribution in [1.82, 2.24) is 10.0 Å². The van der Waals surface area contributed by atoms with Gasteiger partial charge in [0.1, 0.15) is 0 Å². The average Bonchev–Trinajstić information content (AvgIpc) is 2.41. The molecular weight excluding hydrogens is 276 g/mol. The lowest BCUT2D eigenvalue weighted by atomic mass is 9.96. The van der Waals surface area contributed by atoms with Crippen molar-refractivity contribution in [2.24, 2.45) is 5.92 Å². The molecule has 1 saturated heterocycles. The summed E-state index contributed by atoms with van der Waals surface area (Å²) in [5.74, 6) is 0.826. The normalized spacial score (nSPS) is 17.8. The zero-order chi connectivity index (χ0) is 14.8. The SMILES string of the molecule is CC(C)OCCCCNS(=O)(=O)CCC1CCNCC1. The number of nitrogens with one attached hydrogen (secondary N) is 2. The first kappa shape index (κ1) is 17.9. The zero-order valence-corrected chi connectivity index (χ0v) is 13.7. The monoisotopic (exact) mass is 306 g/mol. The summed E-state index contributed by atoms with van der Waals surface area (Å²) in [6.07, 6.45) is 4.96. The van der Waals surface area contributed by atoms with Crippen LogP contribution in [0.1, 0.15) is 46.0 Å². The van der Waals surface area contributed by atoms with Crippen molar-refractivity contribution < 1.29 is 13.2 Å². The molecule has 1 fully saturated rings. The highest BCUT2D eigenvalue weighted by Gasteiger charge is 2.17. The molecule has 0 saturated carbocycles. The first-order valence-electron chi connectivity index (χ1n) is 7.79. The predicted octanol–water partition coefficient (Wildman–Crippen LogP) is 1.50. The lowest BCUT2D eigenvalue weighted by molar-refractivity contribution is 0.0762. The van der Waals surface area contributed by atoms with Crippen molar-refractivity contribution in [3.8, 4) is 0 Å². The summed E-state index contributed by atoms with van der Waals surface area (Å²) >= 11 is 0. The number of ether oxygens (including phenoxy) is 1. The van der Waals surface area contributed by atoms with Gasteiger partial charge in [-0.1, -0.05) is 0 Å². The maximum absolute atomic E-state index is 11.9. The fraction of sp³-hybridized carbons (Fsp3) is 1.00. The minimum absolute atomic E-state index is 0.247. The van der Waals surface area contributed by atoms with Gasteiger partial charge in [0.15, 0.2) is 0 Å². The highest BCUT2D eigenvalue weighted by Crippen LogP contribution is 2.16. The summed E-state index contributed by atoms with van der Waals surface area (Å²) in [6.45, 7) is 7.28. The van der Waals surface area contributed by atoms with E-state index in [4.69, 9.17) is 4.74 Å². The van der Waals surface area contributed by atoms with Crippen molar-refractivity contribution in [3.63, 3.8) is 0 Å². The molecule has 0 atom stereocenters. The van der Waals surface area contributed by atoms with Crippen molar-refractivity contribution in [1.29, 1.82) is 0 Å². The molecule has 0 radical (unpaired) electrons. The van der Waals surface area contributed by atoms with Gasteiger partial charge >= 0.3 is 0 Å². The van der Waals surface area contributed by atoms with E-state index in [1.165, 1.54) is 0 Å². The van der Waals surface area contributed by atoms with Gasteiger partial charge in [-0.2, -0.15) is 0 Å². The fourth-order valence-corrected chi connectivity index (χ4v) is 3.58. The van der Waals surface area contributed by atoms with Gasteiger partial charge in [0, 0.05) is 13.2 Å². The lowest BCUT2D eigenvalue weighted by Gasteiger charge is -2.22. The third-order valence-corrected chi connectivity index (χ3v) is 5.01. The Balaban J connectivity index is 2.05. The van der Waals surface area contributed by atoms with Gasteiger partial charge in [0.05, 0.1) is 11.9 Å². The van der Waals surface area contributed by atoms with E-state index in [1.807, 2.05) is 13.8 Å². The smallest absolute Gasteiger partial charge is 0.211 e. The third-order valence-electron chi connectivity index (χ3n) is 3.60. The maximum Gasteiger partial charge on any atom is 0.211 e. The van der Waals surface area contributed by atoms with Gasteiger partial charge in [0.25, 0.3) is 0 Å². The minimum atomic E-state index is -3.10. The van der Waals surface area contributed by atoms with Gasteiger partial charge in [-0.15, -0.1) is 0 Å². The third kappa shape index (κ3) is 8.89. The van der Waals surface area contributed by atoms with Crippen LogP contribution in [0.3, 0.4) is 0 Å². The van der Waals surface area contributed by atoms with Gasteiger partial charge in [-0.3, -0.25) is 0 Å². The topological polar surface area (TPSA) is 67.4 Å². The number of piperidine rings is 1. The Morgan fingerprint density at radius 2 is 1.95 bits per heavy atom. The number of hydrogen-bond donors (Lipinski definition) is 2. The largest absolute Gasteiger partial charge is 0.379 e. The van der Waals surface area contributed by atoms with Crippen LogP contribution in [0.5, 0.6) is 0 Å². The molecule has 20 heavy (non-hydrogen) atoms. The molecule has 1 aliphatic rings. The second kappa shape index (κ2) is 9.71. The molecule has 0 bridgehead atoms.